The van der Waals surface area contributed by atoms with Gasteiger partial charge in [0.05, 0.1) is 12.0 Å². The van der Waals surface area contributed by atoms with Crippen molar-refractivity contribution < 1.29 is 9.53 Å². The van der Waals surface area contributed by atoms with Gasteiger partial charge in [-0.3, -0.25) is 4.79 Å². The summed E-state index contributed by atoms with van der Waals surface area (Å²) in [5.74, 6) is 0.562. The van der Waals surface area contributed by atoms with E-state index >= 15 is 0 Å². The molecule has 1 aliphatic rings. The van der Waals surface area contributed by atoms with Gasteiger partial charge in [0.25, 0.3) is 0 Å². The lowest BCUT2D eigenvalue weighted by molar-refractivity contribution is -0.159. The van der Waals surface area contributed by atoms with Crippen LogP contribution >= 0.6 is 0 Å². The standard InChI is InChI=1S/C16H31NO2/c1-4-7-9-14(5-2)12-19-15(18)16(6-3)10-8-11-17-13-16/h14,17H,4-13H2,1-3H3. The Hall–Kier alpha value is -0.570. The molecule has 0 bridgehead atoms. The maximum absolute atomic E-state index is 12.4. The quantitative estimate of drug-likeness (QED) is 0.685. The zero-order chi connectivity index (χ0) is 14.1. The number of hydrogen-bond acceptors (Lipinski definition) is 3. The Morgan fingerprint density at radius 3 is 2.68 bits per heavy atom. The van der Waals surface area contributed by atoms with Crippen molar-refractivity contribution in [3.05, 3.63) is 0 Å². The van der Waals surface area contributed by atoms with Gasteiger partial charge < -0.3 is 10.1 Å². The number of nitrogens with one attached hydrogen (secondary N) is 1. The molecule has 0 spiro atoms. The van der Waals surface area contributed by atoms with Crippen LogP contribution in [0, 0.1) is 11.3 Å². The summed E-state index contributed by atoms with van der Waals surface area (Å²) in [7, 11) is 0. The van der Waals surface area contributed by atoms with Crippen molar-refractivity contribution in [3.63, 3.8) is 0 Å². The lowest BCUT2D eigenvalue weighted by Crippen LogP contribution is -2.46. The molecule has 2 atom stereocenters. The summed E-state index contributed by atoms with van der Waals surface area (Å²) in [5, 5.41) is 3.34. The first-order chi connectivity index (χ1) is 9.18. The molecule has 1 saturated heterocycles. The number of rotatable bonds is 8. The normalized spacial score (nSPS) is 25.0. The highest BCUT2D eigenvalue weighted by Gasteiger charge is 2.39. The zero-order valence-electron chi connectivity index (χ0n) is 13.0. The summed E-state index contributed by atoms with van der Waals surface area (Å²) in [4.78, 5) is 12.4. The number of carbonyl (C=O) groups is 1. The Morgan fingerprint density at radius 1 is 1.37 bits per heavy atom. The molecule has 2 unspecified atom stereocenters. The smallest absolute Gasteiger partial charge is 0.313 e. The lowest BCUT2D eigenvalue weighted by atomic mass is 9.78. The molecule has 0 aliphatic carbocycles. The molecular weight excluding hydrogens is 238 g/mol. The fourth-order valence-corrected chi connectivity index (χ4v) is 2.83. The summed E-state index contributed by atoms with van der Waals surface area (Å²) >= 11 is 0. The van der Waals surface area contributed by atoms with E-state index in [1.807, 2.05) is 0 Å². The molecule has 3 heteroatoms. The first-order valence-electron chi connectivity index (χ1n) is 8.06. The third-order valence-corrected chi connectivity index (χ3v) is 4.58. The molecule has 19 heavy (non-hydrogen) atoms. The summed E-state index contributed by atoms with van der Waals surface area (Å²) < 4.78 is 5.65. The third kappa shape index (κ3) is 4.79. The van der Waals surface area contributed by atoms with Crippen molar-refractivity contribution in [1.82, 2.24) is 5.32 Å². The van der Waals surface area contributed by atoms with E-state index in [1.165, 1.54) is 19.3 Å². The van der Waals surface area contributed by atoms with Crippen molar-refractivity contribution in [2.75, 3.05) is 19.7 Å². The Kier molecular flexibility index (Phi) is 7.44. The van der Waals surface area contributed by atoms with Gasteiger partial charge in [0.15, 0.2) is 0 Å². The highest BCUT2D eigenvalue weighted by Crippen LogP contribution is 2.31. The van der Waals surface area contributed by atoms with Gasteiger partial charge in [0.2, 0.25) is 0 Å². The predicted octanol–water partition coefficient (Wildman–Crippen LogP) is 3.53. The molecule has 1 rings (SSSR count). The minimum absolute atomic E-state index is 0.0251. The minimum Gasteiger partial charge on any atom is -0.465 e. The van der Waals surface area contributed by atoms with Crippen molar-refractivity contribution >= 4 is 5.97 Å². The van der Waals surface area contributed by atoms with Gasteiger partial charge in [0, 0.05) is 6.54 Å². The molecule has 0 saturated carbocycles. The van der Waals surface area contributed by atoms with Crippen LogP contribution in [0.2, 0.25) is 0 Å². The van der Waals surface area contributed by atoms with Crippen LogP contribution in [-0.4, -0.2) is 25.7 Å². The number of esters is 1. The van der Waals surface area contributed by atoms with Gasteiger partial charge in [-0.25, -0.2) is 0 Å². The van der Waals surface area contributed by atoms with Crippen LogP contribution in [0.15, 0.2) is 0 Å². The first-order valence-corrected chi connectivity index (χ1v) is 8.06. The second-order valence-corrected chi connectivity index (χ2v) is 5.93. The minimum atomic E-state index is -0.263. The predicted molar refractivity (Wildman–Crippen MR) is 79.1 cm³/mol. The van der Waals surface area contributed by atoms with E-state index in [9.17, 15) is 4.79 Å². The molecule has 0 aromatic heterocycles. The fraction of sp³-hybridized carbons (Fsp3) is 0.938. The Bertz CT molecular complexity index is 259. The van der Waals surface area contributed by atoms with Gasteiger partial charge in [-0.1, -0.05) is 40.0 Å². The monoisotopic (exact) mass is 269 g/mol. The Balaban J connectivity index is 2.43. The average molecular weight is 269 g/mol. The topological polar surface area (TPSA) is 38.3 Å². The zero-order valence-corrected chi connectivity index (χ0v) is 13.0. The molecule has 1 heterocycles. The van der Waals surface area contributed by atoms with E-state index < -0.39 is 0 Å². The van der Waals surface area contributed by atoms with Crippen LogP contribution in [0.4, 0.5) is 0 Å². The van der Waals surface area contributed by atoms with E-state index in [2.05, 4.69) is 26.1 Å². The molecule has 0 amide bonds. The first kappa shape index (κ1) is 16.5. The second-order valence-electron chi connectivity index (χ2n) is 5.93. The number of unbranched alkanes of at least 4 members (excludes halogenated alkanes) is 1. The van der Waals surface area contributed by atoms with E-state index in [-0.39, 0.29) is 11.4 Å². The third-order valence-electron chi connectivity index (χ3n) is 4.58. The maximum Gasteiger partial charge on any atom is 0.313 e. The largest absolute Gasteiger partial charge is 0.465 e. The summed E-state index contributed by atoms with van der Waals surface area (Å²) in [6.07, 6.45) is 7.66. The molecule has 1 aliphatic heterocycles. The van der Waals surface area contributed by atoms with E-state index in [1.54, 1.807) is 0 Å². The van der Waals surface area contributed by atoms with Gasteiger partial charge in [-0.15, -0.1) is 0 Å². The number of piperidine rings is 1. The molecule has 3 nitrogen and oxygen atoms in total. The highest BCUT2D eigenvalue weighted by molar-refractivity contribution is 5.77. The summed E-state index contributed by atoms with van der Waals surface area (Å²) in [5.41, 5.74) is -0.263. The fourth-order valence-electron chi connectivity index (χ4n) is 2.83. The Labute approximate surface area is 118 Å². The number of carbonyl (C=O) groups excluding carboxylic acids is 1. The summed E-state index contributed by atoms with van der Waals surface area (Å²) in [6, 6.07) is 0. The molecule has 0 aromatic carbocycles. The van der Waals surface area contributed by atoms with Crippen LogP contribution in [-0.2, 0) is 9.53 Å². The Morgan fingerprint density at radius 2 is 2.16 bits per heavy atom. The number of hydrogen-bond donors (Lipinski definition) is 1. The molecule has 0 aromatic rings. The van der Waals surface area contributed by atoms with Gasteiger partial charge >= 0.3 is 5.97 Å². The van der Waals surface area contributed by atoms with E-state index in [0.29, 0.717) is 12.5 Å². The molecule has 0 radical (unpaired) electrons. The van der Waals surface area contributed by atoms with E-state index in [4.69, 9.17) is 4.74 Å². The van der Waals surface area contributed by atoms with Crippen LogP contribution < -0.4 is 5.32 Å². The molecular formula is C16H31NO2. The lowest BCUT2D eigenvalue weighted by Gasteiger charge is -2.34. The van der Waals surface area contributed by atoms with Gasteiger partial charge in [-0.05, 0) is 38.1 Å². The van der Waals surface area contributed by atoms with E-state index in [0.717, 1.165) is 38.8 Å². The SMILES string of the molecule is CCCCC(CC)COC(=O)C1(CC)CCCNC1. The van der Waals surface area contributed by atoms with Gasteiger partial charge in [0.1, 0.15) is 0 Å². The maximum atomic E-state index is 12.4. The van der Waals surface area contributed by atoms with Crippen molar-refractivity contribution in [2.24, 2.45) is 11.3 Å². The molecule has 112 valence electrons. The van der Waals surface area contributed by atoms with Crippen LogP contribution in [0.5, 0.6) is 0 Å². The van der Waals surface area contributed by atoms with Crippen molar-refractivity contribution in [1.29, 1.82) is 0 Å². The average Bonchev–Trinajstić information content (AvgIpc) is 2.47. The second kappa shape index (κ2) is 8.57. The van der Waals surface area contributed by atoms with Crippen molar-refractivity contribution in [2.45, 2.75) is 65.7 Å². The summed E-state index contributed by atoms with van der Waals surface area (Å²) in [6.45, 7) is 8.92. The van der Waals surface area contributed by atoms with Gasteiger partial charge in [-0.2, -0.15) is 0 Å². The highest BCUT2D eigenvalue weighted by atomic mass is 16.5. The molecule has 1 fully saturated rings. The number of ether oxygens (including phenoxy) is 1. The van der Waals surface area contributed by atoms with Crippen LogP contribution in [0.1, 0.15) is 65.7 Å². The van der Waals surface area contributed by atoms with Crippen LogP contribution in [0.3, 0.4) is 0 Å². The van der Waals surface area contributed by atoms with Crippen molar-refractivity contribution in [3.8, 4) is 0 Å². The molecule has 1 N–H and O–H groups in total. The van der Waals surface area contributed by atoms with Crippen LogP contribution in [0.25, 0.3) is 0 Å².